The van der Waals surface area contributed by atoms with Crippen LogP contribution in [0.5, 0.6) is 0 Å². The van der Waals surface area contributed by atoms with Crippen LogP contribution in [0.1, 0.15) is 34.8 Å². The van der Waals surface area contributed by atoms with Gasteiger partial charge in [0.25, 0.3) is 0 Å². The van der Waals surface area contributed by atoms with Crippen molar-refractivity contribution in [1.82, 2.24) is 9.97 Å². The minimum Gasteiger partial charge on any atom is -0.457 e. The second-order valence-electron chi connectivity index (χ2n) is 7.14. The number of rotatable bonds is 7. The Balaban J connectivity index is 1.47. The molecule has 31 heavy (non-hydrogen) atoms. The fourth-order valence-corrected chi connectivity index (χ4v) is 3.36. The Morgan fingerprint density at radius 1 is 1.10 bits per heavy atom. The first-order chi connectivity index (χ1) is 15.2. The highest BCUT2D eigenvalue weighted by Crippen LogP contribution is 2.24. The van der Waals surface area contributed by atoms with Crippen LogP contribution in [0.4, 0.5) is 5.95 Å². The number of anilines is 1. The molecule has 0 atom stereocenters. The molecule has 6 nitrogen and oxygen atoms in total. The summed E-state index contributed by atoms with van der Waals surface area (Å²) in [4.78, 5) is 20.4. The van der Waals surface area contributed by atoms with Gasteiger partial charge < -0.3 is 15.0 Å². The molecule has 0 aliphatic rings. The van der Waals surface area contributed by atoms with Crippen molar-refractivity contribution in [3.05, 3.63) is 83.4 Å². The molecule has 0 aliphatic heterocycles. The zero-order chi connectivity index (χ0) is 21.6. The first kappa shape index (κ1) is 20.2. The van der Waals surface area contributed by atoms with Crippen LogP contribution >= 0.6 is 0 Å². The predicted octanol–water partition coefficient (Wildman–Crippen LogP) is 5.28. The predicted molar refractivity (Wildman–Crippen MR) is 121 cm³/mol. The third-order valence-electron chi connectivity index (χ3n) is 4.96. The Labute approximate surface area is 180 Å². The van der Waals surface area contributed by atoms with E-state index in [1.807, 2.05) is 54.6 Å². The van der Waals surface area contributed by atoms with Gasteiger partial charge in [0, 0.05) is 6.54 Å². The number of aromatic nitrogens is 2. The Hall–Kier alpha value is -4.11. The Morgan fingerprint density at radius 3 is 2.68 bits per heavy atom. The number of imidazole rings is 1. The van der Waals surface area contributed by atoms with Crippen LogP contribution in [0.15, 0.2) is 66.7 Å². The van der Waals surface area contributed by atoms with Crippen LogP contribution in [0, 0.1) is 11.3 Å². The molecule has 4 rings (SSSR count). The van der Waals surface area contributed by atoms with Gasteiger partial charge in [-0.05, 0) is 41.3 Å². The lowest BCUT2D eigenvalue weighted by Crippen LogP contribution is -2.06. The molecular weight excluding hydrogens is 388 g/mol. The zero-order valence-electron chi connectivity index (χ0n) is 17.2. The summed E-state index contributed by atoms with van der Waals surface area (Å²) < 4.78 is 5.54. The van der Waals surface area contributed by atoms with Gasteiger partial charge in [-0.2, -0.15) is 5.26 Å². The molecule has 0 spiro atoms. The highest BCUT2D eigenvalue weighted by Gasteiger charge is 2.15. The molecule has 4 aromatic rings. The van der Waals surface area contributed by atoms with Gasteiger partial charge in [-0.1, -0.05) is 55.5 Å². The quantitative estimate of drug-likeness (QED) is 0.405. The number of ether oxygens (including phenoxy) is 1. The number of hydrogen-bond acceptors (Lipinski definition) is 5. The number of H-pyrrole nitrogens is 1. The van der Waals surface area contributed by atoms with Gasteiger partial charge in [0.1, 0.15) is 12.1 Å². The van der Waals surface area contributed by atoms with E-state index in [-0.39, 0.29) is 6.61 Å². The van der Waals surface area contributed by atoms with Crippen molar-refractivity contribution in [2.45, 2.75) is 20.0 Å². The van der Waals surface area contributed by atoms with E-state index >= 15 is 0 Å². The van der Waals surface area contributed by atoms with E-state index < -0.39 is 5.97 Å². The summed E-state index contributed by atoms with van der Waals surface area (Å²) >= 11 is 0. The normalized spacial score (nSPS) is 10.6. The molecule has 2 N–H and O–H groups in total. The largest absolute Gasteiger partial charge is 0.457 e. The molecule has 0 amide bonds. The van der Waals surface area contributed by atoms with E-state index in [0.717, 1.165) is 35.2 Å². The van der Waals surface area contributed by atoms with Gasteiger partial charge >= 0.3 is 5.97 Å². The van der Waals surface area contributed by atoms with Gasteiger partial charge in [0.05, 0.1) is 22.7 Å². The molecule has 3 aromatic carbocycles. The number of nitrogens with one attached hydrogen (secondary N) is 2. The van der Waals surface area contributed by atoms with Crippen LogP contribution in [-0.2, 0) is 11.3 Å². The van der Waals surface area contributed by atoms with E-state index in [1.165, 1.54) is 0 Å². The topological polar surface area (TPSA) is 90.8 Å². The van der Waals surface area contributed by atoms with Gasteiger partial charge in [-0.25, -0.2) is 9.78 Å². The molecule has 1 aromatic heterocycles. The first-order valence-electron chi connectivity index (χ1n) is 10.2. The number of aromatic amines is 1. The van der Waals surface area contributed by atoms with E-state index in [1.54, 1.807) is 12.1 Å². The lowest BCUT2D eigenvalue weighted by molar-refractivity contribution is 0.0475. The molecule has 1 heterocycles. The lowest BCUT2D eigenvalue weighted by Gasteiger charge is -2.08. The molecule has 0 aliphatic carbocycles. The average Bonchev–Trinajstić information content (AvgIpc) is 3.24. The van der Waals surface area contributed by atoms with Crippen molar-refractivity contribution in [1.29, 1.82) is 5.26 Å². The number of nitriles is 1. The standard InChI is InChI=1S/C25H22N4O2/c1-2-14-27-25-28-22-9-5-8-21(23(22)29-25)24(30)31-16-17-10-12-18(13-11-17)20-7-4-3-6-19(20)15-26/h3-13H,2,14,16H2,1H3,(H2,27,28,29). The van der Waals surface area contributed by atoms with Crippen LogP contribution < -0.4 is 5.32 Å². The molecular formula is C25H22N4O2. The minimum absolute atomic E-state index is 0.154. The van der Waals surface area contributed by atoms with Crippen LogP contribution in [-0.4, -0.2) is 22.5 Å². The van der Waals surface area contributed by atoms with Crippen molar-refractivity contribution in [2.24, 2.45) is 0 Å². The molecule has 0 unspecified atom stereocenters. The number of nitrogens with zero attached hydrogens (tertiary/aromatic N) is 2. The maximum Gasteiger partial charge on any atom is 0.340 e. The minimum atomic E-state index is -0.418. The summed E-state index contributed by atoms with van der Waals surface area (Å²) in [6, 6.07) is 22.8. The van der Waals surface area contributed by atoms with E-state index in [2.05, 4.69) is 28.3 Å². The van der Waals surface area contributed by atoms with Crippen molar-refractivity contribution in [3.63, 3.8) is 0 Å². The fraction of sp³-hybridized carbons (Fsp3) is 0.160. The molecule has 0 radical (unpaired) electrons. The SMILES string of the molecule is CCCNc1nc2c(C(=O)OCc3ccc(-c4ccccc4C#N)cc3)cccc2[nH]1. The number of hydrogen-bond donors (Lipinski definition) is 2. The number of fused-ring (bicyclic) bond motifs is 1. The Kier molecular flexibility index (Phi) is 5.95. The molecule has 154 valence electrons. The lowest BCUT2D eigenvalue weighted by atomic mass is 9.99. The van der Waals surface area contributed by atoms with Gasteiger partial charge in [-0.3, -0.25) is 0 Å². The number of carbonyl (C=O) groups excluding carboxylic acids is 1. The van der Waals surface area contributed by atoms with Crippen LogP contribution in [0.3, 0.4) is 0 Å². The Bertz CT molecular complexity index is 1250. The summed E-state index contributed by atoms with van der Waals surface area (Å²) in [5.74, 6) is 0.225. The fourth-order valence-electron chi connectivity index (χ4n) is 3.36. The van der Waals surface area contributed by atoms with Gasteiger partial charge in [0.15, 0.2) is 0 Å². The summed E-state index contributed by atoms with van der Waals surface area (Å²) in [5.41, 5.74) is 5.13. The van der Waals surface area contributed by atoms with Crippen molar-refractivity contribution >= 4 is 23.0 Å². The van der Waals surface area contributed by atoms with Crippen molar-refractivity contribution in [2.75, 3.05) is 11.9 Å². The van der Waals surface area contributed by atoms with Crippen molar-refractivity contribution in [3.8, 4) is 17.2 Å². The maximum atomic E-state index is 12.7. The third-order valence-corrected chi connectivity index (χ3v) is 4.96. The summed E-state index contributed by atoms with van der Waals surface area (Å²) in [6.07, 6.45) is 0.979. The Morgan fingerprint density at radius 2 is 1.90 bits per heavy atom. The molecule has 6 heteroatoms. The second-order valence-corrected chi connectivity index (χ2v) is 7.14. The monoisotopic (exact) mass is 410 g/mol. The van der Waals surface area contributed by atoms with E-state index in [9.17, 15) is 10.1 Å². The average molecular weight is 410 g/mol. The zero-order valence-corrected chi connectivity index (χ0v) is 17.2. The van der Waals surface area contributed by atoms with Crippen molar-refractivity contribution < 1.29 is 9.53 Å². The van der Waals surface area contributed by atoms with E-state index in [4.69, 9.17) is 4.74 Å². The third kappa shape index (κ3) is 4.41. The number of carbonyl (C=O) groups is 1. The highest BCUT2D eigenvalue weighted by atomic mass is 16.5. The number of esters is 1. The van der Waals surface area contributed by atoms with Crippen LogP contribution in [0.2, 0.25) is 0 Å². The molecule has 0 saturated carbocycles. The summed E-state index contributed by atoms with van der Waals surface area (Å²) in [5, 5.41) is 12.5. The molecule has 0 bridgehead atoms. The maximum absolute atomic E-state index is 12.7. The number of benzene rings is 3. The highest BCUT2D eigenvalue weighted by molar-refractivity contribution is 6.02. The number of para-hydroxylation sites is 1. The van der Waals surface area contributed by atoms with Crippen LogP contribution in [0.25, 0.3) is 22.2 Å². The molecule has 0 fully saturated rings. The first-order valence-corrected chi connectivity index (χ1v) is 10.2. The summed E-state index contributed by atoms with van der Waals surface area (Å²) in [7, 11) is 0. The van der Waals surface area contributed by atoms with Gasteiger partial charge in [-0.15, -0.1) is 0 Å². The second kappa shape index (κ2) is 9.14. The van der Waals surface area contributed by atoms with E-state index in [0.29, 0.717) is 22.6 Å². The smallest absolute Gasteiger partial charge is 0.340 e. The van der Waals surface area contributed by atoms with Gasteiger partial charge in [0.2, 0.25) is 5.95 Å². The molecule has 0 saturated heterocycles. The summed E-state index contributed by atoms with van der Waals surface area (Å²) in [6.45, 7) is 3.03.